The van der Waals surface area contributed by atoms with Crippen LogP contribution in [0.2, 0.25) is 0 Å². The molecule has 0 bridgehead atoms. The van der Waals surface area contributed by atoms with E-state index in [1.54, 1.807) is 6.07 Å². The van der Waals surface area contributed by atoms with Crippen LogP contribution in [0.15, 0.2) is 47.1 Å². The summed E-state index contributed by atoms with van der Waals surface area (Å²) in [4.78, 5) is 14.5. The van der Waals surface area contributed by atoms with E-state index in [1.165, 1.54) is 12.3 Å². The summed E-state index contributed by atoms with van der Waals surface area (Å²) in [6.45, 7) is 1.93. The Bertz CT molecular complexity index is 587. The lowest BCUT2D eigenvalue weighted by molar-refractivity contribution is -0.384. The van der Waals surface area contributed by atoms with E-state index in [4.69, 9.17) is 0 Å². The second-order valence-electron chi connectivity index (χ2n) is 4.05. The first-order chi connectivity index (χ1) is 9.08. The molecule has 2 rings (SSSR count). The van der Waals surface area contributed by atoms with Crippen molar-refractivity contribution < 1.29 is 4.92 Å². The Balaban J connectivity index is 2.21. The van der Waals surface area contributed by atoms with Gasteiger partial charge in [-0.25, -0.2) is 4.98 Å². The summed E-state index contributed by atoms with van der Waals surface area (Å²) >= 11 is 3.37. The van der Waals surface area contributed by atoms with Crippen molar-refractivity contribution in [3.8, 4) is 0 Å². The maximum absolute atomic E-state index is 10.9. The molecule has 0 amide bonds. The summed E-state index contributed by atoms with van der Waals surface area (Å²) in [6, 6.07) is 10.7. The Morgan fingerprint density at radius 3 is 2.63 bits per heavy atom. The van der Waals surface area contributed by atoms with Gasteiger partial charge in [-0.2, -0.15) is 0 Å². The van der Waals surface area contributed by atoms with E-state index in [1.807, 2.05) is 31.2 Å². The zero-order valence-electron chi connectivity index (χ0n) is 10.2. The second kappa shape index (κ2) is 5.79. The highest BCUT2D eigenvalue weighted by Crippen LogP contribution is 2.26. The Morgan fingerprint density at radius 2 is 2.00 bits per heavy atom. The topological polar surface area (TPSA) is 68.1 Å². The van der Waals surface area contributed by atoms with E-state index >= 15 is 0 Å². The first-order valence-electron chi connectivity index (χ1n) is 5.69. The molecule has 0 aliphatic carbocycles. The summed E-state index contributed by atoms with van der Waals surface area (Å²) in [5.74, 6) is 0.280. The Morgan fingerprint density at radius 1 is 1.32 bits per heavy atom. The van der Waals surface area contributed by atoms with Crippen molar-refractivity contribution in [2.24, 2.45) is 0 Å². The summed E-state index contributed by atoms with van der Waals surface area (Å²) in [5.41, 5.74) is 1.01. The third kappa shape index (κ3) is 3.29. The van der Waals surface area contributed by atoms with Gasteiger partial charge in [-0.15, -0.1) is 0 Å². The number of rotatable bonds is 4. The van der Waals surface area contributed by atoms with Crippen LogP contribution in [0.4, 0.5) is 11.5 Å². The predicted octanol–water partition coefficient (Wildman–Crippen LogP) is 3.93. The largest absolute Gasteiger partial charge is 0.358 e. The van der Waals surface area contributed by atoms with Crippen LogP contribution in [-0.4, -0.2) is 9.91 Å². The lowest BCUT2D eigenvalue weighted by Crippen LogP contribution is -2.09. The highest BCUT2D eigenvalue weighted by molar-refractivity contribution is 9.10. The fourth-order valence-corrected chi connectivity index (χ4v) is 1.96. The molecule has 1 atom stereocenters. The SMILES string of the molecule is C[C@@H](Nc1ncccc1[N+](=O)[O-])c1ccc(Br)cc1. The molecule has 98 valence electrons. The van der Waals surface area contributed by atoms with Crippen LogP contribution < -0.4 is 5.32 Å². The minimum absolute atomic E-state index is 0.0218. The summed E-state index contributed by atoms with van der Waals surface area (Å²) < 4.78 is 0.993. The molecule has 0 radical (unpaired) electrons. The molecule has 0 saturated carbocycles. The maximum Gasteiger partial charge on any atom is 0.311 e. The van der Waals surface area contributed by atoms with Gasteiger partial charge < -0.3 is 5.32 Å². The van der Waals surface area contributed by atoms with Crippen molar-refractivity contribution in [1.29, 1.82) is 0 Å². The first-order valence-corrected chi connectivity index (χ1v) is 6.48. The molecule has 2 aromatic rings. The molecule has 0 aliphatic rings. The molecule has 1 heterocycles. The standard InChI is InChI=1S/C13H12BrN3O2/c1-9(10-4-6-11(14)7-5-10)16-13-12(17(18)19)3-2-8-15-13/h2-9H,1H3,(H,15,16)/t9-/m1/s1. The third-order valence-corrected chi connectivity index (χ3v) is 3.24. The summed E-state index contributed by atoms with van der Waals surface area (Å²) in [7, 11) is 0. The molecular formula is C13H12BrN3O2. The van der Waals surface area contributed by atoms with Crippen LogP contribution in [0.1, 0.15) is 18.5 Å². The molecule has 1 aromatic carbocycles. The minimum atomic E-state index is -0.441. The van der Waals surface area contributed by atoms with Gasteiger partial charge in [0.25, 0.3) is 0 Å². The molecule has 0 fully saturated rings. The van der Waals surface area contributed by atoms with Gasteiger partial charge in [0.2, 0.25) is 5.82 Å². The maximum atomic E-state index is 10.9. The quantitative estimate of drug-likeness (QED) is 0.684. The number of hydrogen-bond donors (Lipinski definition) is 1. The van der Waals surface area contributed by atoms with Gasteiger partial charge >= 0.3 is 5.69 Å². The minimum Gasteiger partial charge on any atom is -0.358 e. The number of nitro groups is 1. The molecule has 5 nitrogen and oxygen atoms in total. The van der Waals surface area contributed by atoms with E-state index < -0.39 is 4.92 Å². The number of anilines is 1. The van der Waals surface area contributed by atoms with Crippen LogP contribution in [0.5, 0.6) is 0 Å². The van der Waals surface area contributed by atoms with Crippen LogP contribution in [0.3, 0.4) is 0 Å². The van der Waals surface area contributed by atoms with E-state index in [9.17, 15) is 10.1 Å². The lowest BCUT2D eigenvalue weighted by Gasteiger charge is -2.14. The Labute approximate surface area is 119 Å². The number of aromatic nitrogens is 1. The predicted molar refractivity (Wildman–Crippen MR) is 77.1 cm³/mol. The highest BCUT2D eigenvalue weighted by Gasteiger charge is 2.16. The average molecular weight is 322 g/mol. The highest BCUT2D eigenvalue weighted by atomic mass is 79.9. The number of hydrogen-bond acceptors (Lipinski definition) is 4. The third-order valence-electron chi connectivity index (χ3n) is 2.71. The van der Waals surface area contributed by atoms with Gasteiger partial charge in [-0.1, -0.05) is 28.1 Å². The van der Waals surface area contributed by atoms with Crippen molar-refractivity contribution in [3.05, 3.63) is 62.7 Å². The van der Waals surface area contributed by atoms with E-state index in [2.05, 4.69) is 26.2 Å². The zero-order chi connectivity index (χ0) is 13.8. The van der Waals surface area contributed by atoms with Crippen molar-refractivity contribution in [2.75, 3.05) is 5.32 Å². The van der Waals surface area contributed by atoms with Gasteiger partial charge in [0, 0.05) is 16.7 Å². The Kier molecular flexibility index (Phi) is 4.11. The molecule has 19 heavy (non-hydrogen) atoms. The summed E-state index contributed by atoms with van der Waals surface area (Å²) in [6.07, 6.45) is 1.53. The van der Waals surface area contributed by atoms with Crippen LogP contribution in [0.25, 0.3) is 0 Å². The van der Waals surface area contributed by atoms with Crippen molar-refractivity contribution in [3.63, 3.8) is 0 Å². The normalized spacial score (nSPS) is 11.9. The molecule has 0 saturated heterocycles. The Hall–Kier alpha value is -1.95. The number of nitrogens with one attached hydrogen (secondary N) is 1. The van der Waals surface area contributed by atoms with E-state index in [0.29, 0.717) is 0 Å². The number of pyridine rings is 1. The fraction of sp³-hybridized carbons (Fsp3) is 0.154. The number of halogens is 1. The monoisotopic (exact) mass is 321 g/mol. The van der Waals surface area contributed by atoms with Crippen LogP contribution in [-0.2, 0) is 0 Å². The zero-order valence-corrected chi connectivity index (χ0v) is 11.8. The number of nitrogens with zero attached hydrogens (tertiary/aromatic N) is 2. The van der Waals surface area contributed by atoms with E-state index in [0.717, 1.165) is 10.0 Å². The van der Waals surface area contributed by atoms with Crippen molar-refractivity contribution in [2.45, 2.75) is 13.0 Å². The van der Waals surface area contributed by atoms with Gasteiger partial charge in [0.15, 0.2) is 0 Å². The van der Waals surface area contributed by atoms with Crippen LogP contribution >= 0.6 is 15.9 Å². The van der Waals surface area contributed by atoms with E-state index in [-0.39, 0.29) is 17.5 Å². The van der Waals surface area contributed by atoms with Crippen LogP contribution in [0, 0.1) is 10.1 Å². The molecule has 0 aliphatic heterocycles. The molecule has 0 spiro atoms. The van der Waals surface area contributed by atoms with Gasteiger partial charge in [-0.3, -0.25) is 10.1 Å². The average Bonchev–Trinajstić information content (AvgIpc) is 2.39. The van der Waals surface area contributed by atoms with Crippen molar-refractivity contribution in [1.82, 2.24) is 4.98 Å². The van der Waals surface area contributed by atoms with Gasteiger partial charge in [0.05, 0.1) is 11.0 Å². The fourth-order valence-electron chi connectivity index (χ4n) is 1.70. The van der Waals surface area contributed by atoms with Crippen molar-refractivity contribution >= 4 is 27.4 Å². The first kappa shape index (κ1) is 13.5. The lowest BCUT2D eigenvalue weighted by atomic mass is 10.1. The molecule has 0 unspecified atom stereocenters. The van der Waals surface area contributed by atoms with Gasteiger partial charge in [0.1, 0.15) is 0 Å². The second-order valence-corrected chi connectivity index (χ2v) is 4.96. The molecule has 1 aromatic heterocycles. The molecule has 1 N–H and O–H groups in total. The van der Waals surface area contributed by atoms with Gasteiger partial charge in [-0.05, 0) is 30.7 Å². The summed E-state index contributed by atoms with van der Waals surface area (Å²) in [5, 5.41) is 14.0. The number of benzene rings is 1. The molecule has 6 heteroatoms. The molecular weight excluding hydrogens is 310 g/mol. The smallest absolute Gasteiger partial charge is 0.311 e.